The third kappa shape index (κ3) is 2.61. The van der Waals surface area contributed by atoms with E-state index in [1.165, 1.54) is 12.8 Å². The minimum atomic E-state index is -0.353. The normalized spacial score (nSPS) is 20.0. The van der Waals surface area contributed by atoms with Gasteiger partial charge in [-0.25, -0.2) is 0 Å². The second kappa shape index (κ2) is 5.35. The van der Waals surface area contributed by atoms with Gasteiger partial charge in [-0.15, -0.1) is 0 Å². The maximum atomic E-state index is 10.8. The molecular weight excluding hydrogens is 230 g/mol. The number of anilines is 1. The number of hydrogen-bond donors (Lipinski definition) is 1. The second-order valence-corrected chi connectivity index (χ2v) is 4.82. The quantitative estimate of drug-likeness (QED) is 0.658. The van der Waals surface area contributed by atoms with Gasteiger partial charge in [-0.2, -0.15) is 0 Å². The first-order valence-electron chi connectivity index (χ1n) is 6.31. The van der Waals surface area contributed by atoms with E-state index in [-0.39, 0.29) is 10.6 Å². The highest BCUT2D eigenvalue weighted by atomic mass is 16.6. The highest BCUT2D eigenvalue weighted by Gasteiger charge is 2.21. The van der Waals surface area contributed by atoms with Gasteiger partial charge in [0.05, 0.1) is 4.92 Å². The Balaban J connectivity index is 2.17. The lowest BCUT2D eigenvalue weighted by atomic mass is 10.1. The molecule has 1 unspecified atom stereocenters. The largest absolute Gasteiger partial charge is 0.383 e. The van der Waals surface area contributed by atoms with Gasteiger partial charge < -0.3 is 5.32 Å². The van der Waals surface area contributed by atoms with Crippen molar-refractivity contribution in [3.8, 4) is 0 Å². The fourth-order valence-electron chi connectivity index (χ4n) is 2.50. The van der Waals surface area contributed by atoms with Crippen LogP contribution < -0.4 is 5.32 Å². The monoisotopic (exact) mass is 249 g/mol. The molecule has 5 nitrogen and oxygen atoms in total. The Morgan fingerprint density at radius 1 is 1.56 bits per heavy atom. The van der Waals surface area contributed by atoms with Gasteiger partial charge >= 0.3 is 0 Å². The predicted molar refractivity (Wildman–Crippen MR) is 71.7 cm³/mol. The van der Waals surface area contributed by atoms with Gasteiger partial charge in [-0.3, -0.25) is 15.0 Å². The van der Waals surface area contributed by atoms with E-state index < -0.39 is 0 Å². The van der Waals surface area contributed by atoms with Crippen LogP contribution in [-0.4, -0.2) is 29.5 Å². The highest BCUT2D eigenvalue weighted by Crippen LogP contribution is 2.27. The lowest BCUT2D eigenvalue weighted by Crippen LogP contribution is -2.26. The average Bonchev–Trinajstić information content (AvgIpc) is 2.74. The molecule has 1 heterocycles. The molecule has 0 aromatic heterocycles. The van der Waals surface area contributed by atoms with Gasteiger partial charge in [0.1, 0.15) is 5.69 Å². The molecule has 1 aliphatic rings. The first-order valence-corrected chi connectivity index (χ1v) is 6.31. The predicted octanol–water partition coefficient (Wildman–Crippen LogP) is 2.62. The fourth-order valence-corrected chi connectivity index (χ4v) is 2.50. The average molecular weight is 249 g/mol. The molecule has 1 aliphatic heterocycles. The van der Waals surface area contributed by atoms with Gasteiger partial charge in [0.25, 0.3) is 5.69 Å². The van der Waals surface area contributed by atoms with Gasteiger partial charge in [0, 0.05) is 25.7 Å². The van der Waals surface area contributed by atoms with Crippen molar-refractivity contribution < 1.29 is 4.92 Å². The third-order valence-electron chi connectivity index (χ3n) is 3.60. The Labute approximate surface area is 107 Å². The molecule has 0 radical (unpaired) electrons. The molecule has 0 saturated carbocycles. The number of hydrogen-bond acceptors (Lipinski definition) is 4. The van der Waals surface area contributed by atoms with E-state index in [9.17, 15) is 10.1 Å². The second-order valence-electron chi connectivity index (χ2n) is 4.82. The molecule has 1 aromatic carbocycles. The molecule has 0 aliphatic carbocycles. The number of nitro groups is 1. The standard InChI is InChI=1S/C13H19N3O2/c1-10-4-3-7-15(10)9-11-5-6-13(16(17)18)12(8-11)14-2/h5-6,8,10,14H,3-4,7,9H2,1-2H3. The van der Waals surface area contributed by atoms with Crippen molar-refractivity contribution in [2.45, 2.75) is 32.4 Å². The summed E-state index contributed by atoms with van der Waals surface area (Å²) in [4.78, 5) is 12.9. The molecule has 98 valence electrons. The van der Waals surface area contributed by atoms with Gasteiger partial charge in [0.15, 0.2) is 0 Å². The lowest BCUT2D eigenvalue weighted by Gasteiger charge is -2.21. The van der Waals surface area contributed by atoms with Crippen LogP contribution in [0, 0.1) is 10.1 Å². The molecule has 0 spiro atoms. The van der Waals surface area contributed by atoms with Crippen molar-refractivity contribution in [1.29, 1.82) is 0 Å². The minimum absolute atomic E-state index is 0.135. The molecule has 5 heteroatoms. The maximum Gasteiger partial charge on any atom is 0.292 e. The fraction of sp³-hybridized carbons (Fsp3) is 0.538. The lowest BCUT2D eigenvalue weighted by molar-refractivity contribution is -0.384. The van der Waals surface area contributed by atoms with Crippen LogP contribution in [0.25, 0.3) is 0 Å². The molecule has 18 heavy (non-hydrogen) atoms. The zero-order chi connectivity index (χ0) is 13.1. The van der Waals surface area contributed by atoms with Crippen LogP contribution in [0.15, 0.2) is 18.2 Å². The summed E-state index contributed by atoms with van der Waals surface area (Å²) in [5.41, 5.74) is 1.85. The first kappa shape index (κ1) is 12.8. The third-order valence-corrected chi connectivity index (χ3v) is 3.60. The van der Waals surface area contributed by atoms with Crippen molar-refractivity contribution in [2.75, 3.05) is 18.9 Å². The smallest absolute Gasteiger partial charge is 0.292 e. The molecule has 0 bridgehead atoms. The van der Waals surface area contributed by atoms with E-state index in [1.807, 2.05) is 12.1 Å². The Morgan fingerprint density at radius 2 is 2.33 bits per heavy atom. The SMILES string of the molecule is CNc1cc(CN2CCCC2C)ccc1[N+](=O)[O-]. The zero-order valence-electron chi connectivity index (χ0n) is 10.8. The van der Waals surface area contributed by atoms with Gasteiger partial charge in [-0.1, -0.05) is 6.07 Å². The zero-order valence-corrected chi connectivity index (χ0v) is 10.8. The summed E-state index contributed by atoms with van der Waals surface area (Å²) in [5.74, 6) is 0. The number of rotatable bonds is 4. The minimum Gasteiger partial charge on any atom is -0.383 e. The molecular formula is C13H19N3O2. The maximum absolute atomic E-state index is 10.8. The molecule has 1 fully saturated rings. The summed E-state index contributed by atoms with van der Waals surface area (Å²) in [5, 5.41) is 13.7. The van der Waals surface area contributed by atoms with E-state index in [4.69, 9.17) is 0 Å². The van der Waals surface area contributed by atoms with E-state index in [2.05, 4.69) is 17.1 Å². The highest BCUT2D eigenvalue weighted by molar-refractivity contribution is 5.62. The van der Waals surface area contributed by atoms with E-state index >= 15 is 0 Å². The van der Waals surface area contributed by atoms with Crippen molar-refractivity contribution in [3.63, 3.8) is 0 Å². The van der Waals surface area contributed by atoms with E-state index in [1.54, 1.807) is 13.1 Å². The van der Waals surface area contributed by atoms with Crippen molar-refractivity contribution in [2.24, 2.45) is 0 Å². The Bertz CT molecular complexity index is 448. The molecule has 1 aromatic rings. The van der Waals surface area contributed by atoms with Crippen LogP contribution >= 0.6 is 0 Å². The summed E-state index contributed by atoms with van der Waals surface area (Å²) in [6, 6.07) is 5.92. The van der Waals surface area contributed by atoms with Crippen LogP contribution in [0.4, 0.5) is 11.4 Å². The number of benzene rings is 1. The number of nitrogens with one attached hydrogen (secondary N) is 1. The van der Waals surface area contributed by atoms with Crippen molar-refractivity contribution in [3.05, 3.63) is 33.9 Å². The molecule has 1 atom stereocenters. The van der Waals surface area contributed by atoms with Gasteiger partial charge in [0.2, 0.25) is 0 Å². The Kier molecular flexibility index (Phi) is 3.81. The van der Waals surface area contributed by atoms with Crippen LogP contribution in [0.5, 0.6) is 0 Å². The van der Waals surface area contributed by atoms with Crippen LogP contribution in [0.3, 0.4) is 0 Å². The van der Waals surface area contributed by atoms with Crippen molar-refractivity contribution >= 4 is 11.4 Å². The number of nitro benzene ring substituents is 1. The molecule has 0 amide bonds. The summed E-state index contributed by atoms with van der Waals surface area (Å²) in [7, 11) is 1.71. The van der Waals surface area contributed by atoms with Crippen molar-refractivity contribution in [1.82, 2.24) is 4.90 Å². The first-order chi connectivity index (χ1) is 8.61. The van der Waals surface area contributed by atoms with E-state index in [0.29, 0.717) is 11.7 Å². The van der Waals surface area contributed by atoms with Crippen LogP contribution in [0.1, 0.15) is 25.3 Å². The Hall–Kier alpha value is -1.62. The van der Waals surface area contributed by atoms with E-state index in [0.717, 1.165) is 18.7 Å². The molecule has 1 N–H and O–H groups in total. The molecule has 1 saturated heterocycles. The summed E-state index contributed by atoms with van der Waals surface area (Å²) < 4.78 is 0. The summed E-state index contributed by atoms with van der Waals surface area (Å²) in [6.45, 7) is 4.22. The summed E-state index contributed by atoms with van der Waals surface area (Å²) in [6.07, 6.45) is 2.49. The number of likely N-dealkylation sites (tertiary alicyclic amines) is 1. The Morgan fingerprint density at radius 3 is 2.89 bits per heavy atom. The topological polar surface area (TPSA) is 58.4 Å². The van der Waals surface area contributed by atoms with Gasteiger partial charge in [-0.05, 0) is 37.9 Å². The van der Waals surface area contributed by atoms with Crippen LogP contribution in [-0.2, 0) is 6.54 Å². The molecule has 2 rings (SSSR count). The van der Waals surface area contributed by atoms with Crippen LogP contribution in [0.2, 0.25) is 0 Å². The summed E-state index contributed by atoms with van der Waals surface area (Å²) >= 11 is 0. The number of nitrogens with zero attached hydrogens (tertiary/aromatic N) is 2.